The summed E-state index contributed by atoms with van der Waals surface area (Å²) >= 11 is 0. The van der Waals surface area contributed by atoms with E-state index in [4.69, 9.17) is 13.8 Å². The van der Waals surface area contributed by atoms with Crippen molar-refractivity contribution in [1.29, 1.82) is 0 Å². The van der Waals surface area contributed by atoms with Crippen molar-refractivity contribution in [3.05, 3.63) is 48.6 Å². The van der Waals surface area contributed by atoms with Gasteiger partial charge in [0.05, 0.1) is 34.4 Å². The maximum absolute atomic E-state index is 12.0. The van der Waals surface area contributed by atoms with Crippen LogP contribution in [-0.2, 0) is 23.1 Å². The summed E-state index contributed by atoms with van der Waals surface area (Å²) in [5.41, 5.74) is 0. The molecule has 1 unspecified atom stereocenters. The molecule has 2 atom stereocenters. The number of quaternary nitrogens is 1. The van der Waals surface area contributed by atoms with Gasteiger partial charge in [-0.05, 0) is 44.9 Å². The number of rotatable bonds is 23. The summed E-state index contributed by atoms with van der Waals surface area (Å²) in [4.78, 5) is 21.7. The number of allylic oxidation sites excluding steroid dienone is 8. The molecule has 0 rings (SSSR count). The fourth-order valence-corrected chi connectivity index (χ4v) is 3.74. The van der Waals surface area contributed by atoms with Gasteiger partial charge in [-0.1, -0.05) is 68.4 Å². The van der Waals surface area contributed by atoms with Crippen molar-refractivity contribution in [2.45, 2.75) is 77.2 Å². The summed E-state index contributed by atoms with van der Waals surface area (Å²) in [6.07, 6.45) is 25.4. The minimum atomic E-state index is -4.27. The number of ether oxygens (including phenoxy) is 1. The highest BCUT2D eigenvalue weighted by Crippen LogP contribution is 2.43. The fourth-order valence-electron chi connectivity index (χ4n) is 3.00. The van der Waals surface area contributed by atoms with Crippen molar-refractivity contribution in [3.8, 4) is 0 Å². The molecule has 0 saturated carbocycles. The van der Waals surface area contributed by atoms with E-state index < -0.39 is 33.1 Å². The SMILES string of the molecule is CC/C=C\C/C=C\C/C=C\C/C=C\CCCCCCC(=O)O[C@H](CO)COP(=O)(O)OCC[N+](C)(C)C. The second kappa shape index (κ2) is 22.4. The van der Waals surface area contributed by atoms with Gasteiger partial charge in [-0.25, -0.2) is 4.57 Å². The molecule has 0 heterocycles. The molecule has 0 amide bonds. The Balaban J connectivity index is 3.83. The number of unbranched alkanes of at least 4 members (excludes halogenated alkanes) is 4. The first-order chi connectivity index (χ1) is 17.6. The Labute approximate surface area is 224 Å². The van der Waals surface area contributed by atoms with E-state index in [-0.39, 0.29) is 13.0 Å². The molecular formula is C28H51NO7P+. The fraction of sp³-hybridized carbons (Fsp3) is 0.679. The van der Waals surface area contributed by atoms with Crippen molar-refractivity contribution in [3.63, 3.8) is 0 Å². The summed E-state index contributed by atoms with van der Waals surface area (Å²) in [7, 11) is 1.52. The largest absolute Gasteiger partial charge is 0.472 e. The van der Waals surface area contributed by atoms with E-state index in [9.17, 15) is 19.4 Å². The van der Waals surface area contributed by atoms with E-state index in [0.29, 0.717) is 17.4 Å². The molecule has 0 aliphatic rings. The van der Waals surface area contributed by atoms with Crippen LogP contribution < -0.4 is 0 Å². The number of nitrogens with zero attached hydrogens (tertiary/aromatic N) is 1. The molecule has 214 valence electrons. The van der Waals surface area contributed by atoms with Crippen LogP contribution in [0.2, 0.25) is 0 Å². The molecule has 0 aliphatic heterocycles. The van der Waals surface area contributed by atoms with Gasteiger partial charge in [-0.2, -0.15) is 0 Å². The Morgan fingerprint density at radius 1 is 0.865 bits per heavy atom. The maximum Gasteiger partial charge on any atom is 0.472 e. The summed E-state index contributed by atoms with van der Waals surface area (Å²) in [5, 5.41) is 9.39. The van der Waals surface area contributed by atoms with Crippen LogP contribution in [0.5, 0.6) is 0 Å². The zero-order chi connectivity index (χ0) is 27.8. The van der Waals surface area contributed by atoms with E-state index >= 15 is 0 Å². The lowest BCUT2D eigenvalue weighted by molar-refractivity contribution is -0.870. The molecule has 0 fully saturated rings. The first kappa shape index (κ1) is 35.5. The summed E-state index contributed by atoms with van der Waals surface area (Å²) in [5.74, 6) is -0.458. The third-order valence-corrected chi connectivity index (χ3v) is 6.15. The molecule has 0 radical (unpaired) electrons. The van der Waals surface area contributed by atoms with Crippen LogP contribution in [0.25, 0.3) is 0 Å². The number of aliphatic hydroxyl groups is 1. The number of aliphatic hydroxyl groups excluding tert-OH is 1. The van der Waals surface area contributed by atoms with Gasteiger partial charge in [0, 0.05) is 6.42 Å². The highest BCUT2D eigenvalue weighted by Gasteiger charge is 2.25. The second-order valence-electron chi connectivity index (χ2n) is 9.86. The van der Waals surface area contributed by atoms with E-state index in [1.54, 1.807) is 0 Å². The number of hydrogen-bond acceptors (Lipinski definition) is 6. The molecule has 0 saturated heterocycles. The topological polar surface area (TPSA) is 102 Å². The molecule has 0 bridgehead atoms. The molecule has 0 aliphatic carbocycles. The molecule has 0 spiro atoms. The molecular weight excluding hydrogens is 493 g/mol. The van der Waals surface area contributed by atoms with Gasteiger partial charge < -0.3 is 19.2 Å². The van der Waals surface area contributed by atoms with Gasteiger partial charge in [-0.15, -0.1) is 0 Å². The number of hydrogen-bond donors (Lipinski definition) is 2. The monoisotopic (exact) mass is 544 g/mol. The molecule has 0 aromatic carbocycles. The molecule has 0 aromatic rings. The highest BCUT2D eigenvalue weighted by molar-refractivity contribution is 7.47. The Bertz CT molecular complexity index is 741. The standard InChI is InChI=1S/C28H50NO7P/c1-5-6-7-8-9-10-11-12-13-14-15-16-17-18-19-20-21-22-28(31)36-27(25-30)26-35-37(32,33)34-24-23-29(2,3)4/h6-7,9-10,12-13,15-16,27,30H,5,8,11,14,17-26H2,1-4H3/p+1/b7-6-,10-9-,13-12-,16-15-/t27-/m1/s1. The number of carbonyl (C=O) groups excluding carboxylic acids is 1. The predicted molar refractivity (Wildman–Crippen MR) is 150 cm³/mol. The number of phosphoric acid groups is 1. The maximum atomic E-state index is 12.0. The van der Waals surface area contributed by atoms with Gasteiger partial charge in [0.25, 0.3) is 0 Å². The third kappa shape index (κ3) is 25.9. The van der Waals surface area contributed by atoms with E-state index in [2.05, 4.69) is 55.5 Å². The normalized spacial score (nSPS) is 15.3. The molecule has 0 aromatic heterocycles. The van der Waals surface area contributed by atoms with Crippen LogP contribution in [0.4, 0.5) is 0 Å². The Hall–Kier alpha value is -1.54. The van der Waals surface area contributed by atoms with Crippen molar-refractivity contribution < 1.29 is 37.6 Å². The van der Waals surface area contributed by atoms with Crippen LogP contribution in [0.15, 0.2) is 48.6 Å². The smallest absolute Gasteiger partial charge is 0.457 e. The van der Waals surface area contributed by atoms with Crippen molar-refractivity contribution in [1.82, 2.24) is 0 Å². The Kier molecular flexibility index (Phi) is 21.5. The Morgan fingerprint density at radius 2 is 1.43 bits per heavy atom. The quantitative estimate of drug-likeness (QED) is 0.0545. The van der Waals surface area contributed by atoms with Gasteiger partial charge in [-0.3, -0.25) is 13.8 Å². The van der Waals surface area contributed by atoms with Crippen molar-refractivity contribution in [2.75, 3.05) is 47.5 Å². The lowest BCUT2D eigenvalue weighted by Crippen LogP contribution is -2.37. The van der Waals surface area contributed by atoms with Gasteiger partial charge in [0.1, 0.15) is 19.3 Å². The van der Waals surface area contributed by atoms with E-state index in [1.165, 1.54) is 0 Å². The lowest BCUT2D eigenvalue weighted by atomic mass is 10.1. The number of phosphoric ester groups is 1. The van der Waals surface area contributed by atoms with Gasteiger partial charge in [0.15, 0.2) is 0 Å². The summed E-state index contributed by atoms with van der Waals surface area (Å²) < 4.78 is 27.4. The highest BCUT2D eigenvalue weighted by atomic mass is 31.2. The number of carbonyl (C=O) groups is 1. The molecule has 8 nitrogen and oxygen atoms in total. The van der Waals surface area contributed by atoms with Crippen LogP contribution in [-0.4, -0.2) is 74.1 Å². The van der Waals surface area contributed by atoms with Gasteiger partial charge >= 0.3 is 13.8 Å². The van der Waals surface area contributed by atoms with Crippen LogP contribution >= 0.6 is 7.82 Å². The summed E-state index contributed by atoms with van der Waals surface area (Å²) in [6, 6.07) is 0. The molecule has 9 heteroatoms. The Morgan fingerprint density at radius 3 is 2.00 bits per heavy atom. The predicted octanol–water partition coefficient (Wildman–Crippen LogP) is 5.88. The van der Waals surface area contributed by atoms with E-state index in [0.717, 1.165) is 51.4 Å². The molecule has 2 N–H and O–H groups in total. The third-order valence-electron chi connectivity index (χ3n) is 5.16. The zero-order valence-corrected chi connectivity index (χ0v) is 24.3. The minimum Gasteiger partial charge on any atom is -0.457 e. The average Bonchev–Trinajstić information content (AvgIpc) is 2.82. The number of esters is 1. The van der Waals surface area contributed by atoms with Crippen LogP contribution in [0, 0.1) is 0 Å². The van der Waals surface area contributed by atoms with E-state index in [1.807, 2.05) is 21.1 Å². The second-order valence-corrected chi connectivity index (χ2v) is 11.3. The van der Waals surface area contributed by atoms with Crippen molar-refractivity contribution >= 4 is 13.8 Å². The minimum absolute atomic E-state index is 0.0448. The lowest BCUT2D eigenvalue weighted by Gasteiger charge is -2.24. The molecule has 37 heavy (non-hydrogen) atoms. The van der Waals surface area contributed by atoms with Crippen LogP contribution in [0.1, 0.15) is 71.1 Å². The first-order valence-corrected chi connectivity index (χ1v) is 14.9. The summed E-state index contributed by atoms with van der Waals surface area (Å²) in [6.45, 7) is 1.80. The van der Waals surface area contributed by atoms with Gasteiger partial charge in [0.2, 0.25) is 0 Å². The average molecular weight is 545 g/mol. The van der Waals surface area contributed by atoms with Crippen molar-refractivity contribution in [2.24, 2.45) is 0 Å². The van der Waals surface area contributed by atoms with Crippen LogP contribution in [0.3, 0.4) is 0 Å². The number of likely N-dealkylation sites (N-methyl/N-ethyl adjacent to an activating group) is 1. The first-order valence-electron chi connectivity index (χ1n) is 13.4. The zero-order valence-electron chi connectivity index (χ0n) is 23.4.